The van der Waals surface area contributed by atoms with E-state index in [0.717, 1.165) is 12.5 Å². The molecule has 3 nitrogen and oxygen atoms in total. The van der Waals surface area contributed by atoms with Gasteiger partial charge in [-0.15, -0.1) is 0 Å². The summed E-state index contributed by atoms with van der Waals surface area (Å²) in [4.78, 5) is 0. The van der Waals surface area contributed by atoms with E-state index in [4.69, 9.17) is 13.3 Å². The first kappa shape index (κ1) is 18.8. The van der Waals surface area contributed by atoms with Crippen LogP contribution < -0.4 is 0 Å². The third kappa shape index (κ3) is 9.38. The highest BCUT2D eigenvalue weighted by molar-refractivity contribution is 6.60. The second-order valence-corrected chi connectivity index (χ2v) is 7.59. The summed E-state index contributed by atoms with van der Waals surface area (Å²) < 4.78 is 17.5. The molecule has 0 bridgehead atoms. The summed E-state index contributed by atoms with van der Waals surface area (Å²) in [6, 6.07) is 0.942. The quantitative estimate of drug-likeness (QED) is 0.299. The maximum absolute atomic E-state index is 5.84. The summed E-state index contributed by atoms with van der Waals surface area (Å²) in [6.07, 6.45) is 7.06. The maximum Gasteiger partial charge on any atom is 0.500 e. The summed E-state index contributed by atoms with van der Waals surface area (Å²) in [5, 5.41) is 0. The minimum absolute atomic E-state index is 0.671. The van der Waals surface area contributed by atoms with Crippen LogP contribution in [-0.2, 0) is 13.3 Å². The van der Waals surface area contributed by atoms with Crippen LogP contribution in [0.15, 0.2) is 11.6 Å². The van der Waals surface area contributed by atoms with Gasteiger partial charge in [-0.05, 0) is 53.9 Å². The summed E-state index contributed by atoms with van der Waals surface area (Å²) >= 11 is 0. The Bertz CT molecular complexity index is 221. The lowest BCUT2D eigenvalue weighted by Gasteiger charge is -2.28. The molecule has 0 fully saturated rings. The molecule has 0 atom stereocenters. The van der Waals surface area contributed by atoms with Gasteiger partial charge in [0.2, 0.25) is 0 Å². The van der Waals surface area contributed by atoms with E-state index in [9.17, 15) is 0 Å². The van der Waals surface area contributed by atoms with Crippen molar-refractivity contribution in [3.8, 4) is 0 Å². The zero-order valence-electron chi connectivity index (χ0n) is 13.5. The van der Waals surface area contributed by atoms with E-state index in [0.29, 0.717) is 19.8 Å². The van der Waals surface area contributed by atoms with Crippen LogP contribution in [0.3, 0.4) is 0 Å². The molecule has 0 aliphatic heterocycles. The number of hydrogen-bond donors (Lipinski definition) is 0. The molecular formula is C15H32O3Si. The summed E-state index contributed by atoms with van der Waals surface area (Å²) in [5.74, 6) is 0. The van der Waals surface area contributed by atoms with Gasteiger partial charge in [-0.25, -0.2) is 0 Å². The molecule has 0 saturated heterocycles. The third-order valence-electron chi connectivity index (χ3n) is 2.83. The molecular weight excluding hydrogens is 256 g/mol. The zero-order valence-corrected chi connectivity index (χ0v) is 14.5. The van der Waals surface area contributed by atoms with Crippen LogP contribution in [0.1, 0.15) is 60.3 Å². The molecule has 0 aliphatic rings. The fourth-order valence-electron chi connectivity index (χ4n) is 2.05. The van der Waals surface area contributed by atoms with Crippen molar-refractivity contribution in [3.05, 3.63) is 11.6 Å². The summed E-state index contributed by atoms with van der Waals surface area (Å²) in [6.45, 7) is 12.3. The molecule has 0 heterocycles. The molecule has 4 heteroatoms. The van der Waals surface area contributed by atoms with Crippen molar-refractivity contribution in [3.63, 3.8) is 0 Å². The maximum atomic E-state index is 5.84. The van der Waals surface area contributed by atoms with Gasteiger partial charge in [-0.3, -0.25) is 0 Å². The van der Waals surface area contributed by atoms with E-state index in [-0.39, 0.29) is 0 Å². The summed E-state index contributed by atoms with van der Waals surface area (Å²) in [5.41, 5.74) is 1.40. The topological polar surface area (TPSA) is 27.7 Å². The van der Waals surface area contributed by atoms with Crippen molar-refractivity contribution in [2.24, 2.45) is 0 Å². The molecule has 0 aromatic carbocycles. The molecule has 114 valence electrons. The van der Waals surface area contributed by atoms with Gasteiger partial charge in [-0.2, -0.15) is 0 Å². The molecule has 19 heavy (non-hydrogen) atoms. The number of allylic oxidation sites excluding steroid dienone is 2. The zero-order chi connectivity index (χ0) is 14.6. The van der Waals surface area contributed by atoms with Crippen LogP contribution >= 0.6 is 0 Å². The predicted octanol–water partition coefficient (Wildman–Crippen LogP) is 4.56. The molecule has 0 rings (SSSR count). The highest BCUT2D eigenvalue weighted by Gasteiger charge is 2.39. The average molecular weight is 289 g/mol. The molecule has 0 spiro atoms. The SMILES string of the molecule is CCO[Si](CCCCCC=C(C)C)(OCC)OCC. The molecule has 0 saturated carbocycles. The van der Waals surface area contributed by atoms with Crippen molar-refractivity contribution in [1.29, 1.82) is 0 Å². The largest absolute Gasteiger partial charge is 0.500 e. The molecule has 0 aromatic heterocycles. The fourth-order valence-corrected chi connectivity index (χ4v) is 4.74. The van der Waals surface area contributed by atoms with Crippen LogP contribution in [-0.4, -0.2) is 28.6 Å². The minimum Gasteiger partial charge on any atom is -0.374 e. The van der Waals surface area contributed by atoms with Gasteiger partial charge in [0.1, 0.15) is 0 Å². The lowest BCUT2D eigenvalue weighted by molar-refractivity contribution is 0.0706. The Morgan fingerprint density at radius 1 is 0.842 bits per heavy atom. The number of rotatable bonds is 12. The summed E-state index contributed by atoms with van der Waals surface area (Å²) in [7, 11) is -2.39. The van der Waals surface area contributed by atoms with Crippen LogP contribution in [0.5, 0.6) is 0 Å². The van der Waals surface area contributed by atoms with E-state index in [1.54, 1.807) is 0 Å². The van der Waals surface area contributed by atoms with Crippen molar-refractivity contribution in [1.82, 2.24) is 0 Å². The Kier molecular flexibility index (Phi) is 11.5. The fraction of sp³-hybridized carbons (Fsp3) is 0.867. The lowest BCUT2D eigenvalue weighted by atomic mass is 10.1. The van der Waals surface area contributed by atoms with Crippen molar-refractivity contribution in [2.45, 2.75) is 66.3 Å². The van der Waals surface area contributed by atoms with E-state index in [1.165, 1.54) is 24.8 Å². The van der Waals surface area contributed by atoms with E-state index in [1.807, 2.05) is 20.8 Å². The van der Waals surface area contributed by atoms with Gasteiger partial charge in [0, 0.05) is 25.9 Å². The molecule has 0 unspecified atom stereocenters. The van der Waals surface area contributed by atoms with Gasteiger partial charge in [0.15, 0.2) is 0 Å². The molecule has 0 N–H and O–H groups in total. The normalized spacial score (nSPS) is 11.6. The molecule has 0 amide bonds. The molecule has 0 aliphatic carbocycles. The van der Waals surface area contributed by atoms with E-state index >= 15 is 0 Å². The van der Waals surface area contributed by atoms with Gasteiger partial charge in [-0.1, -0.05) is 18.1 Å². The Balaban J connectivity index is 4.06. The molecule has 0 aromatic rings. The van der Waals surface area contributed by atoms with Gasteiger partial charge >= 0.3 is 8.80 Å². The Morgan fingerprint density at radius 3 is 1.79 bits per heavy atom. The van der Waals surface area contributed by atoms with Crippen molar-refractivity contribution >= 4 is 8.80 Å². The van der Waals surface area contributed by atoms with Crippen molar-refractivity contribution < 1.29 is 13.3 Å². The van der Waals surface area contributed by atoms with E-state index < -0.39 is 8.80 Å². The van der Waals surface area contributed by atoms with Gasteiger partial charge in [0.25, 0.3) is 0 Å². The highest BCUT2D eigenvalue weighted by atomic mass is 28.4. The van der Waals surface area contributed by atoms with Crippen LogP contribution in [0.25, 0.3) is 0 Å². The van der Waals surface area contributed by atoms with Crippen molar-refractivity contribution in [2.75, 3.05) is 19.8 Å². The first-order chi connectivity index (χ1) is 9.10. The third-order valence-corrected chi connectivity index (χ3v) is 5.98. The van der Waals surface area contributed by atoms with Gasteiger partial charge < -0.3 is 13.3 Å². The smallest absolute Gasteiger partial charge is 0.374 e. The first-order valence-electron chi connectivity index (χ1n) is 7.65. The Morgan fingerprint density at radius 2 is 1.37 bits per heavy atom. The lowest BCUT2D eigenvalue weighted by Crippen LogP contribution is -2.45. The molecule has 0 radical (unpaired) electrons. The Hall–Kier alpha value is -0.163. The Labute approximate surface area is 120 Å². The average Bonchev–Trinajstić information content (AvgIpc) is 2.34. The minimum atomic E-state index is -2.39. The van der Waals surface area contributed by atoms with E-state index in [2.05, 4.69) is 19.9 Å². The van der Waals surface area contributed by atoms with Crippen LogP contribution in [0.2, 0.25) is 6.04 Å². The van der Waals surface area contributed by atoms with Gasteiger partial charge in [0.05, 0.1) is 0 Å². The number of unbranched alkanes of at least 4 members (excludes halogenated alkanes) is 3. The monoisotopic (exact) mass is 288 g/mol. The van der Waals surface area contributed by atoms with Crippen LogP contribution in [0.4, 0.5) is 0 Å². The second-order valence-electron chi connectivity index (χ2n) is 4.86. The standard InChI is InChI=1S/C15H32O3Si/c1-6-16-19(17-7-2,18-8-3)14-12-10-9-11-13-15(4)5/h13H,6-12,14H2,1-5H3. The van der Waals surface area contributed by atoms with Crippen LogP contribution in [0, 0.1) is 0 Å². The highest BCUT2D eigenvalue weighted by Crippen LogP contribution is 2.20. The first-order valence-corrected chi connectivity index (χ1v) is 9.58. The second kappa shape index (κ2) is 11.6. The predicted molar refractivity (Wildman–Crippen MR) is 83.3 cm³/mol. The number of hydrogen-bond acceptors (Lipinski definition) is 3.